The van der Waals surface area contributed by atoms with Crippen LogP contribution >= 0.6 is 15.9 Å². The van der Waals surface area contributed by atoms with Gasteiger partial charge in [-0.15, -0.1) is 0 Å². The zero-order valence-electron chi connectivity index (χ0n) is 6.98. The molecule has 0 radical (unpaired) electrons. The van der Waals surface area contributed by atoms with Gasteiger partial charge in [0.25, 0.3) is 0 Å². The number of ether oxygens (including phenoxy) is 1. The van der Waals surface area contributed by atoms with E-state index in [4.69, 9.17) is 4.74 Å². The molecule has 1 fully saturated rings. The van der Waals surface area contributed by atoms with E-state index in [1.807, 2.05) is 0 Å². The third-order valence-corrected chi connectivity index (χ3v) is 2.78. The summed E-state index contributed by atoms with van der Waals surface area (Å²) in [4.78, 5) is 0. The second-order valence-electron chi connectivity index (χ2n) is 2.94. The second kappa shape index (κ2) is 4.94. The molecule has 0 aliphatic carbocycles. The Balaban J connectivity index is 2.40. The van der Waals surface area contributed by atoms with Crippen molar-refractivity contribution in [1.82, 2.24) is 0 Å². The highest BCUT2D eigenvalue weighted by Gasteiger charge is 2.12. The first-order valence-electron chi connectivity index (χ1n) is 4.20. The van der Waals surface area contributed by atoms with E-state index in [0.717, 1.165) is 25.0 Å². The van der Waals surface area contributed by atoms with Crippen LogP contribution in [-0.4, -0.2) is 18.5 Å². The van der Waals surface area contributed by atoms with Crippen molar-refractivity contribution in [3.8, 4) is 0 Å². The van der Waals surface area contributed by atoms with E-state index in [1.54, 1.807) is 0 Å². The van der Waals surface area contributed by atoms with Crippen molar-refractivity contribution in [1.29, 1.82) is 0 Å². The number of hydrogen-bond acceptors (Lipinski definition) is 1. The Labute approximate surface area is 76.9 Å². The molecular formula is C9H15BrO. The maximum atomic E-state index is 5.29. The number of allylic oxidation sites excluding steroid dienone is 1. The van der Waals surface area contributed by atoms with Gasteiger partial charge in [0.15, 0.2) is 0 Å². The third kappa shape index (κ3) is 2.96. The van der Waals surface area contributed by atoms with Crippen LogP contribution in [0.25, 0.3) is 0 Å². The maximum Gasteiger partial charge on any atom is 0.0529 e. The lowest BCUT2D eigenvalue weighted by Gasteiger charge is -2.03. The molecule has 0 bridgehead atoms. The van der Waals surface area contributed by atoms with Crippen molar-refractivity contribution in [2.75, 3.05) is 18.5 Å². The summed E-state index contributed by atoms with van der Waals surface area (Å²) in [6, 6.07) is 0. The van der Waals surface area contributed by atoms with Gasteiger partial charge in [-0.1, -0.05) is 34.5 Å². The fraction of sp³-hybridized carbons (Fsp3) is 0.778. The zero-order chi connectivity index (χ0) is 8.10. The molecule has 0 N–H and O–H groups in total. The molecule has 1 unspecified atom stereocenters. The largest absolute Gasteiger partial charge is 0.381 e. The molecule has 64 valence electrons. The van der Waals surface area contributed by atoms with Crippen molar-refractivity contribution in [3.63, 3.8) is 0 Å². The van der Waals surface area contributed by atoms with Crippen LogP contribution in [0, 0.1) is 5.92 Å². The number of rotatable bonds is 3. The summed E-state index contributed by atoms with van der Waals surface area (Å²) in [5, 5.41) is 1.01. The van der Waals surface area contributed by atoms with Gasteiger partial charge in [-0.25, -0.2) is 0 Å². The van der Waals surface area contributed by atoms with Gasteiger partial charge >= 0.3 is 0 Å². The summed E-state index contributed by atoms with van der Waals surface area (Å²) in [5.41, 5.74) is 1.50. The number of alkyl halides is 1. The monoisotopic (exact) mass is 218 g/mol. The molecule has 1 heterocycles. The van der Waals surface area contributed by atoms with E-state index in [0.29, 0.717) is 5.92 Å². The molecular weight excluding hydrogens is 204 g/mol. The molecule has 0 spiro atoms. The van der Waals surface area contributed by atoms with Crippen molar-refractivity contribution in [2.45, 2.75) is 19.8 Å². The molecule has 1 nitrogen and oxygen atoms in total. The Morgan fingerprint density at radius 1 is 1.73 bits per heavy atom. The highest BCUT2D eigenvalue weighted by molar-refractivity contribution is 9.09. The van der Waals surface area contributed by atoms with Crippen LogP contribution in [0.2, 0.25) is 0 Å². The Morgan fingerprint density at radius 2 is 2.55 bits per heavy atom. The second-order valence-corrected chi connectivity index (χ2v) is 3.50. The molecule has 0 saturated carbocycles. The fourth-order valence-corrected chi connectivity index (χ4v) is 1.86. The van der Waals surface area contributed by atoms with Crippen LogP contribution < -0.4 is 0 Å². The van der Waals surface area contributed by atoms with Crippen LogP contribution in [0.15, 0.2) is 11.6 Å². The van der Waals surface area contributed by atoms with Gasteiger partial charge in [0.2, 0.25) is 0 Å². The summed E-state index contributed by atoms with van der Waals surface area (Å²) in [6.45, 7) is 4.07. The van der Waals surface area contributed by atoms with Crippen molar-refractivity contribution in [2.24, 2.45) is 5.92 Å². The Morgan fingerprint density at radius 3 is 3.00 bits per heavy atom. The average molecular weight is 219 g/mol. The number of halogens is 1. The molecule has 2 heteroatoms. The lowest BCUT2D eigenvalue weighted by molar-refractivity contribution is 0.191. The predicted molar refractivity (Wildman–Crippen MR) is 51.1 cm³/mol. The SMILES string of the molecule is CCC(=CC1CCOC1)CBr. The topological polar surface area (TPSA) is 9.23 Å². The predicted octanol–water partition coefficient (Wildman–Crippen LogP) is 2.75. The quantitative estimate of drug-likeness (QED) is 0.523. The van der Waals surface area contributed by atoms with Crippen LogP contribution in [0.3, 0.4) is 0 Å². The summed E-state index contributed by atoms with van der Waals surface area (Å²) in [5.74, 6) is 0.683. The van der Waals surface area contributed by atoms with E-state index in [2.05, 4.69) is 28.9 Å². The van der Waals surface area contributed by atoms with Gasteiger partial charge in [-0.2, -0.15) is 0 Å². The standard InChI is InChI=1S/C9H15BrO/c1-2-8(6-10)5-9-3-4-11-7-9/h5,9H,2-4,6-7H2,1H3. The van der Waals surface area contributed by atoms with E-state index < -0.39 is 0 Å². The summed E-state index contributed by atoms with van der Waals surface area (Å²) in [6.07, 6.45) is 4.72. The fourth-order valence-electron chi connectivity index (χ4n) is 1.27. The van der Waals surface area contributed by atoms with Crippen LogP contribution in [0.5, 0.6) is 0 Å². The smallest absolute Gasteiger partial charge is 0.0529 e. The number of hydrogen-bond donors (Lipinski definition) is 0. The molecule has 0 aromatic rings. The van der Waals surface area contributed by atoms with Crippen molar-refractivity contribution in [3.05, 3.63) is 11.6 Å². The van der Waals surface area contributed by atoms with E-state index in [9.17, 15) is 0 Å². The Bertz CT molecular complexity index is 130. The van der Waals surface area contributed by atoms with Gasteiger partial charge in [-0.05, 0) is 12.8 Å². The van der Waals surface area contributed by atoms with Crippen LogP contribution in [0.4, 0.5) is 0 Å². The lowest BCUT2D eigenvalue weighted by Crippen LogP contribution is -1.96. The molecule has 0 amide bonds. The molecule has 11 heavy (non-hydrogen) atoms. The van der Waals surface area contributed by atoms with Gasteiger partial charge in [0.05, 0.1) is 6.61 Å². The van der Waals surface area contributed by atoms with Gasteiger partial charge in [-0.3, -0.25) is 0 Å². The normalized spacial score (nSPS) is 26.0. The zero-order valence-corrected chi connectivity index (χ0v) is 8.56. The molecule has 0 aromatic heterocycles. The van der Waals surface area contributed by atoms with Crippen molar-refractivity contribution >= 4 is 15.9 Å². The summed E-state index contributed by atoms with van der Waals surface area (Å²) >= 11 is 3.47. The molecule has 1 saturated heterocycles. The van der Waals surface area contributed by atoms with E-state index in [-0.39, 0.29) is 0 Å². The van der Waals surface area contributed by atoms with E-state index >= 15 is 0 Å². The third-order valence-electron chi connectivity index (χ3n) is 2.06. The molecule has 0 aromatic carbocycles. The Hall–Kier alpha value is 0.180. The maximum absolute atomic E-state index is 5.29. The van der Waals surface area contributed by atoms with Gasteiger partial charge in [0, 0.05) is 17.9 Å². The highest BCUT2D eigenvalue weighted by atomic mass is 79.9. The Kier molecular flexibility index (Phi) is 4.16. The first kappa shape index (κ1) is 9.27. The van der Waals surface area contributed by atoms with Crippen LogP contribution in [-0.2, 0) is 4.74 Å². The minimum Gasteiger partial charge on any atom is -0.381 e. The van der Waals surface area contributed by atoms with Crippen molar-refractivity contribution < 1.29 is 4.74 Å². The molecule has 1 rings (SSSR count). The first-order valence-corrected chi connectivity index (χ1v) is 5.32. The first-order chi connectivity index (χ1) is 5.36. The molecule has 1 aliphatic rings. The van der Waals surface area contributed by atoms with E-state index in [1.165, 1.54) is 12.0 Å². The van der Waals surface area contributed by atoms with Gasteiger partial charge in [0.1, 0.15) is 0 Å². The molecule has 1 atom stereocenters. The molecule has 1 aliphatic heterocycles. The average Bonchev–Trinajstić information content (AvgIpc) is 2.52. The summed E-state index contributed by atoms with van der Waals surface area (Å²) in [7, 11) is 0. The van der Waals surface area contributed by atoms with Gasteiger partial charge < -0.3 is 4.74 Å². The minimum absolute atomic E-state index is 0.683. The van der Waals surface area contributed by atoms with Crippen LogP contribution in [0.1, 0.15) is 19.8 Å². The lowest BCUT2D eigenvalue weighted by atomic mass is 10.0. The minimum atomic E-state index is 0.683. The summed E-state index contributed by atoms with van der Waals surface area (Å²) < 4.78 is 5.29. The highest BCUT2D eigenvalue weighted by Crippen LogP contribution is 2.17.